The summed E-state index contributed by atoms with van der Waals surface area (Å²) >= 11 is 0. The minimum absolute atomic E-state index is 0.102. The number of aliphatic hydroxyl groups is 1. The fourth-order valence-electron chi connectivity index (χ4n) is 1.96. The van der Waals surface area contributed by atoms with Crippen LogP contribution in [-0.2, 0) is 0 Å². The van der Waals surface area contributed by atoms with Crippen LogP contribution in [0.4, 0.5) is 0 Å². The van der Waals surface area contributed by atoms with Gasteiger partial charge in [0.2, 0.25) is 0 Å². The van der Waals surface area contributed by atoms with E-state index in [0.717, 1.165) is 26.1 Å². The molecule has 0 aromatic heterocycles. The minimum Gasteiger partial charge on any atom is -0.392 e. The van der Waals surface area contributed by atoms with Crippen LogP contribution in [0.25, 0.3) is 0 Å². The van der Waals surface area contributed by atoms with E-state index in [1.54, 1.807) is 0 Å². The van der Waals surface area contributed by atoms with Crippen LogP contribution < -0.4 is 0 Å². The summed E-state index contributed by atoms with van der Waals surface area (Å²) in [6, 6.07) is 0.556. The van der Waals surface area contributed by atoms with E-state index in [2.05, 4.69) is 30.8 Å². The third-order valence-electron chi connectivity index (χ3n) is 2.49. The number of rotatable bonds is 3. The third-order valence-corrected chi connectivity index (χ3v) is 2.49. The first kappa shape index (κ1) is 9.96. The molecular formula is C9H20N2O. The van der Waals surface area contributed by atoms with Crippen molar-refractivity contribution < 1.29 is 5.11 Å². The zero-order valence-electron chi connectivity index (χ0n) is 8.32. The van der Waals surface area contributed by atoms with Crippen LogP contribution in [0.15, 0.2) is 0 Å². The number of hydrogen-bond acceptors (Lipinski definition) is 3. The van der Waals surface area contributed by atoms with E-state index in [-0.39, 0.29) is 6.10 Å². The van der Waals surface area contributed by atoms with Crippen molar-refractivity contribution in [3.05, 3.63) is 0 Å². The molecule has 1 fully saturated rings. The van der Waals surface area contributed by atoms with Gasteiger partial charge in [0, 0.05) is 19.1 Å². The maximum Gasteiger partial charge on any atom is 0.0682 e. The molecule has 1 rings (SSSR count). The molecule has 3 heteroatoms. The highest BCUT2D eigenvalue weighted by Gasteiger charge is 2.29. The number of nitrogens with zero attached hydrogens (tertiary/aromatic N) is 2. The molecule has 0 saturated carbocycles. The summed E-state index contributed by atoms with van der Waals surface area (Å²) < 4.78 is 0. The van der Waals surface area contributed by atoms with Crippen molar-refractivity contribution >= 4 is 0 Å². The summed E-state index contributed by atoms with van der Waals surface area (Å²) in [5.74, 6) is 0. The molecule has 0 bridgehead atoms. The van der Waals surface area contributed by atoms with Crippen LogP contribution in [0.5, 0.6) is 0 Å². The molecule has 1 saturated heterocycles. The van der Waals surface area contributed by atoms with Crippen molar-refractivity contribution in [3.63, 3.8) is 0 Å². The van der Waals surface area contributed by atoms with E-state index in [1.807, 2.05) is 0 Å². The molecule has 0 aromatic rings. The Morgan fingerprint density at radius 3 is 2.67 bits per heavy atom. The Balaban J connectivity index is 2.40. The third kappa shape index (κ3) is 2.44. The summed E-state index contributed by atoms with van der Waals surface area (Å²) in [6.07, 6.45) is 0.835. The van der Waals surface area contributed by atoms with Gasteiger partial charge in [0.25, 0.3) is 0 Å². The number of likely N-dealkylation sites (tertiary alicyclic amines) is 1. The summed E-state index contributed by atoms with van der Waals surface area (Å²) in [4.78, 5) is 4.54. The molecule has 12 heavy (non-hydrogen) atoms. The van der Waals surface area contributed by atoms with Crippen LogP contribution in [0.1, 0.15) is 13.3 Å². The quantitative estimate of drug-likeness (QED) is 0.649. The van der Waals surface area contributed by atoms with E-state index >= 15 is 0 Å². The molecule has 0 radical (unpaired) electrons. The van der Waals surface area contributed by atoms with Crippen molar-refractivity contribution in [1.82, 2.24) is 9.80 Å². The fourth-order valence-corrected chi connectivity index (χ4v) is 1.96. The van der Waals surface area contributed by atoms with Crippen molar-refractivity contribution in [2.75, 3.05) is 33.7 Å². The lowest BCUT2D eigenvalue weighted by molar-refractivity contribution is 0.176. The Kier molecular flexibility index (Phi) is 3.50. The molecule has 3 nitrogen and oxygen atoms in total. The Labute approximate surface area is 75.0 Å². The standard InChI is InChI=1S/C9H20N2O/c1-4-11-7-9(12)5-8(11)6-10(2)3/h8-9,12H,4-7H2,1-3H3. The van der Waals surface area contributed by atoms with Gasteiger partial charge in [-0.3, -0.25) is 4.90 Å². The molecular weight excluding hydrogens is 152 g/mol. The zero-order chi connectivity index (χ0) is 9.14. The highest BCUT2D eigenvalue weighted by atomic mass is 16.3. The maximum absolute atomic E-state index is 9.45. The van der Waals surface area contributed by atoms with Crippen LogP contribution in [0.3, 0.4) is 0 Å². The Bertz CT molecular complexity index is 138. The summed E-state index contributed by atoms with van der Waals surface area (Å²) in [6.45, 7) is 5.12. The first-order chi connectivity index (χ1) is 5.63. The van der Waals surface area contributed by atoms with Gasteiger partial charge in [0.1, 0.15) is 0 Å². The SMILES string of the molecule is CCN1CC(O)CC1CN(C)C. The first-order valence-electron chi connectivity index (χ1n) is 4.70. The first-order valence-corrected chi connectivity index (χ1v) is 4.70. The second-order valence-electron chi connectivity index (χ2n) is 3.89. The van der Waals surface area contributed by atoms with E-state index in [0.29, 0.717) is 6.04 Å². The average Bonchev–Trinajstić information content (AvgIpc) is 2.29. The van der Waals surface area contributed by atoms with E-state index in [4.69, 9.17) is 0 Å². The minimum atomic E-state index is -0.102. The predicted octanol–water partition coefficient (Wildman–Crippen LogP) is 0.00310. The smallest absolute Gasteiger partial charge is 0.0682 e. The van der Waals surface area contributed by atoms with Crippen molar-refractivity contribution in [2.24, 2.45) is 0 Å². The normalized spacial score (nSPS) is 31.8. The van der Waals surface area contributed by atoms with E-state index in [1.165, 1.54) is 0 Å². The van der Waals surface area contributed by atoms with Gasteiger partial charge in [-0.2, -0.15) is 0 Å². The van der Waals surface area contributed by atoms with Gasteiger partial charge in [-0.25, -0.2) is 0 Å². The van der Waals surface area contributed by atoms with Gasteiger partial charge < -0.3 is 10.0 Å². The molecule has 1 heterocycles. The highest BCUT2D eigenvalue weighted by molar-refractivity contribution is 4.85. The lowest BCUT2D eigenvalue weighted by Crippen LogP contribution is -2.37. The highest BCUT2D eigenvalue weighted by Crippen LogP contribution is 2.17. The van der Waals surface area contributed by atoms with Gasteiger partial charge in [-0.1, -0.05) is 6.92 Å². The van der Waals surface area contributed by atoms with Crippen molar-refractivity contribution in [2.45, 2.75) is 25.5 Å². The zero-order valence-corrected chi connectivity index (χ0v) is 8.32. The molecule has 0 aromatic carbocycles. The van der Waals surface area contributed by atoms with Crippen LogP contribution in [0, 0.1) is 0 Å². The van der Waals surface area contributed by atoms with E-state index < -0.39 is 0 Å². The Morgan fingerprint density at radius 2 is 2.17 bits per heavy atom. The fraction of sp³-hybridized carbons (Fsp3) is 1.00. The summed E-state index contributed by atoms with van der Waals surface area (Å²) in [5.41, 5.74) is 0. The monoisotopic (exact) mass is 172 g/mol. The lowest BCUT2D eigenvalue weighted by atomic mass is 10.2. The number of β-amino-alcohol motifs (C(OH)–C–C–N with tert-alkyl or cyclic N) is 1. The van der Waals surface area contributed by atoms with Crippen LogP contribution >= 0.6 is 0 Å². The maximum atomic E-state index is 9.45. The molecule has 0 amide bonds. The molecule has 1 aliphatic rings. The lowest BCUT2D eigenvalue weighted by Gasteiger charge is -2.24. The van der Waals surface area contributed by atoms with Gasteiger partial charge in [-0.15, -0.1) is 0 Å². The Hall–Kier alpha value is -0.120. The topological polar surface area (TPSA) is 26.7 Å². The molecule has 0 spiro atoms. The van der Waals surface area contributed by atoms with E-state index in [9.17, 15) is 5.11 Å². The Morgan fingerprint density at radius 1 is 1.50 bits per heavy atom. The number of aliphatic hydroxyl groups excluding tert-OH is 1. The summed E-state index contributed by atoms with van der Waals surface area (Å²) in [5, 5.41) is 9.45. The van der Waals surface area contributed by atoms with Gasteiger partial charge in [-0.05, 0) is 27.1 Å². The second kappa shape index (κ2) is 4.21. The molecule has 1 aliphatic heterocycles. The van der Waals surface area contributed by atoms with Crippen LogP contribution in [-0.4, -0.2) is 60.8 Å². The average molecular weight is 172 g/mol. The van der Waals surface area contributed by atoms with Crippen LogP contribution in [0.2, 0.25) is 0 Å². The number of hydrogen-bond donors (Lipinski definition) is 1. The summed E-state index contributed by atoms with van der Waals surface area (Å²) in [7, 11) is 4.16. The molecule has 2 unspecified atom stereocenters. The molecule has 72 valence electrons. The van der Waals surface area contributed by atoms with Gasteiger partial charge in [0.15, 0.2) is 0 Å². The number of likely N-dealkylation sites (N-methyl/N-ethyl adjacent to an activating group) is 2. The van der Waals surface area contributed by atoms with Crippen molar-refractivity contribution in [1.29, 1.82) is 0 Å². The second-order valence-corrected chi connectivity index (χ2v) is 3.89. The van der Waals surface area contributed by atoms with Gasteiger partial charge >= 0.3 is 0 Å². The van der Waals surface area contributed by atoms with Gasteiger partial charge in [0.05, 0.1) is 6.10 Å². The van der Waals surface area contributed by atoms with Crippen molar-refractivity contribution in [3.8, 4) is 0 Å². The predicted molar refractivity (Wildman–Crippen MR) is 50.2 cm³/mol. The molecule has 0 aliphatic carbocycles. The molecule has 1 N–H and O–H groups in total. The molecule has 2 atom stereocenters. The largest absolute Gasteiger partial charge is 0.392 e.